The standard InChI is InChI=1S/C40H63N5O5/c1-24(2)15-17-42-27(5)35-34(23-46)50-45(36(35)39(48)43-33-21-30-20-32(26(33)4)40(30,6)7)22-29-13-12-14-31(37(29)49-11)28(16-18-44(9)10)19-25(3)38(47)41-8/h12-14,16,18-19,24,26-27,30,32-36,42,46H,3,15,17,20-23H2,1-2,4-11H3,(H,41,47)(H,43,48)/b18-16+,28-19+/t26-,27?,30+,32-,33-,34-,35+,36-/m0/s1. The smallest absolute Gasteiger partial charge is 0.250 e. The lowest BCUT2D eigenvalue weighted by atomic mass is 9.45. The Morgan fingerprint density at radius 2 is 1.94 bits per heavy atom. The van der Waals surface area contributed by atoms with Crippen LogP contribution < -0.4 is 20.7 Å². The number of carbonyl (C=O) groups excluding carboxylic acids is 2. The van der Waals surface area contributed by atoms with Gasteiger partial charge in [-0.25, -0.2) is 0 Å². The van der Waals surface area contributed by atoms with E-state index in [0.29, 0.717) is 40.4 Å². The van der Waals surface area contributed by atoms with Gasteiger partial charge in [0.15, 0.2) is 0 Å². The lowest BCUT2D eigenvalue weighted by Gasteiger charge is -2.62. The van der Waals surface area contributed by atoms with Crippen LogP contribution >= 0.6 is 0 Å². The first-order chi connectivity index (χ1) is 23.6. The van der Waals surface area contributed by atoms with E-state index in [1.807, 2.05) is 49.5 Å². The fourth-order valence-electron chi connectivity index (χ4n) is 8.45. The summed E-state index contributed by atoms with van der Waals surface area (Å²) in [7, 11) is 7.05. The Hall–Kier alpha value is -3.18. The zero-order valence-corrected chi connectivity index (χ0v) is 32.1. The summed E-state index contributed by atoms with van der Waals surface area (Å²) in [6.45, 7) is 18.3. The molecule has 1 unspecified atom stereocenters. The van der Waals surface area contributed by atoms with E-state index in [0.717, 1.165) is 36.1 Å². The van der Waals surface area contributed by atoms with E-state index >= 15 is 0 Å². The Labute approximate surface area is 300 Å². The summed E-state index contributed by atoms with van der Waals surface area (Å²) in [5.74, 6) is 2.09. The van der Waals surface area contributed by atoms with Gasteiger partial charge in [0.05, 0.1) is 20.3 Å². The number of methoxy groups -OCH3 is 1. The number of hydrogen-bond acceptors (Lipinski definition) is 8. The largest absolute Gasteiger partial charge is 0.496 e. The van der Waals surface area contributed by atoms with E-state index < -0.39 is 12.1 Å². The maximum Gasteiger partial charge on any atom is 0.250 e. The van der Waals surface area contributed by atoms with Crippen LogP contribution in [0.5, 0.6) is 5.75 Å². The average Bonchev–Trinajstić information content (AvgIpc) is 3.44. The Morgan fingerprint density at radius 3 is 2.52 bits per heavy atom. The summed E-state index contributed by atoms with van der Waals surface area (Å²) >= 11 is 0. The summed E-state index contributed by atoms with van der Waals surface area (Å²) in [6, 6.07) is 5.22. The number of benzene rings is 1. The molecule has 0 radical (unpaired) electrons. The number of aliphatic hydroxyl groups is 1. The number of likely N-dealkylation sites (N-methyl/N-ethyl adjacent to an activating group) is 1. The molecule has 278 valence electrons. The number of hydroxylamine groups is 2. The monoisotopic (exact) mass is 693 g/mol. The zero-order chi connectivity index (χ0) is 36.9. The van der Waals surface area contributed by atoms with Gasteiger partial charge in [-0.05, 0) is 85.7 Å². The first-order valence-electron chi connectivity index (χ1n) is 18.4. The van der Waals surface area contributed by atoms with E-state index in [1.54, 1.807) is 25.3 Å². The summed E-state index contributed by atoms with van der Waals surface area (Å²) in [5, 5.41) is 22.1. The molecule has 10 nitrogen and oxygen atoms in total. The third-order valence-corrected chi connectivity index (χ3v) is 11.6. The van der Waals surface area contributed by atoms with Gasteiger partial charge in [0, 0.05) is 55.8 Å². The van der Waals surface area contributed by atoms with E-state index in [4.69, 9.17) is 9.57 Å². The Bertz CT molecular complexity index is 1420. The van der Waals surface area contributed by atoms with E-state index in [-0.39, 0.29) is 43.0 Å². The van der Waals surface area contributed by atoms with Gasteiger partial charge in [0.2, 0.25) is 11.8 Å². The number of carbonyl (C=O) groups is 2. The quantitative estimate of drug-likeness (QED) is 0.145. The number of hydrogen-bond donors (Lipinski definition) is 4. The van der Waals surface area contributed by atoms with Crippen molar-refractivity contribution in [2.24, 2.45) is 35.0 Å². The predicted molar refractivity (Wildman–Crippen MR) is 200 cm³/mol. The Balaban J connectivity index is 1.70. The van der Waals surface area contributed by atoms with Crippen LogP contribution in [0.15, 0.2) is 48.7 Å². The zero-order valence-electron chi connectivity index (χ0n) is 32.1. The topological polar surface area (TPSA) is 115 Å². The molecule has 1 aromatic carbocycles. The molecular formula is C40H63N5O5. The van der Waals surface area contributed by atoms with Crippen molar-refractivity contribution in [2.45, 2.75) is 91.6 Å². The van der Waals surface area contributed by atoms with Gasteiger partial charge in [-0.2, -0.15) is 5.06 Å². The number of rotatable bonds is 16. The summed E-state index contributed by atoms with van der Waals surface area (Å²) in [4.78, 5) is 35.4. The molecule has 0 aromatic heterocycles. The molecule has 2 bridgehead atoms. The maximum atomic E-state index is 14.5. The minimum absolute atomic E-state index is 0.0640. The number of amides is 2. The molecule has 4 aliphatic rings. The number of ether oxygens (including phenoxy) is 1. The van der Waals surface area contributed by atoms with Crippen LogP contribution in [-0.2, 0) is 21.0 Å². The van der Waals surface area contributed by atoms with Gasteiger partial charge in [-0.3, -0.25) is 14.4 Å². The first kappa shape index (κ1) is 39.6. The lowest BCUT2D eigenvalue weighted by Crippen LogP contribution is -2.62. The highest BCUT2D eigenvalue weighted by Crippen LogP contribution is 2.61. The van der Waals surface area contributed by atoms with Crippen molar-refractivity contribution < 1.29 is 24.3 Å². The van der Waals surface area contributed by atoms with Crippen molar-refractivity contribution >= 4 is 17.4 Å². The third-order valence-electron chi connectivity index (χ3n) is 11.6. The molecule has 1 saturated heterocycles. The number of para-hydroxylation sites is 1. The van der Waals surface area contributed by atoms with Gasteiger partial charge < -0.3 is 30.7 Å². The molecule has 5 rings (SSSR count). The van der Waals surface area contributed by atoms with Gasteiger partial charge in [0.1, 0.15) is 17.9 Å². The number of allylic oxidation sites excluding steroid dienone is 2. The van der Waals surface area contributed by atoms with E-state index in [2.05, 4.69) is 64.1 Å². The molecule has 3 aliphatic carbocycles. The SMILES string of the molecule is C=C(/C=C(\C=C\N(C)C)c1cccc(CN2O[C@@H](CO)[C@@H](C(C)NCCC(C)C)[C@H]2C(=O)N[C@H]2C[C@H]3C[C@@H]([C@@H]2C)C3(C)C)c1OC)C(=O)NC. The van der Waals surface area contributed by atoms with E-state index in [1.165, 1.54) is 6.42 Å². The van der Waals surface area contributed by atoms with Crippen LogP contribution in [0.1, 0.15) is 71.9 Å². The van der Waals surface area contributed by atoms with Crippen molar-refractivity contribution in [1.29, 1.82) is 0 Å². The first-order valence-corrected chi connectivity index (χ1v) is 18.4. The van der Waals surface area contributed by atoms with Crippen LogP contribution in [-0.4, -0.2) is 92.5 Å². The molecule has 1 aromatic rings. The fourth-order valence-corrected chi connectivity index (χ4v) is 8.45. The molecular weight excluding hydrogens is 630 g/mol. The minimum atomic E-state index is -0.641. The Kier molecular flexibility index (Phi) is 13.4. The third kappa shape index (κ3) is 8.64. The second kappa shape index (κ2) is 16.9. The molecule has 4 fully saturated rings. The molecule has 10 heteroatoms. The highest BCUT2D eigenvalue weighted by molar-refractivity contribution is 5.98. The predicted octanol–water partition coefficient (Wildman–Crippen LogP) is 4.76. The van der Waals surface area contributed by atoms with Crippen molar-refractivity contribution in [3.8, 4) is 5.75 Å². The van der Waals surface area contributed by atoms with Crippen molar-refractivity contribution in [1.82, 2.24) is 25.9 Å². The molecule has 1 heterocycles. The van der Waals surface area contributed by atoms with Crippen LogP contribution in [0.4, 0.5) is 0 Å². The van der Waals surface area contributed by atoms with Crippen molar-refractivity contribution in [3.05, 3.63) is 59.8 Å². The summed E-state index contributed by atoms with van der Waals surface area (Å²) in [6.07, 6.45) is 8.22. The number of nitrogens with one attached hydrogen (secondary N) is 3. The number of nitrogens with zero attached hydrogens (tertiary/aromatic N) is 2. The molecule has 0 spiro atoms. The molecule has 2 amide bonds. The van der Waals surface area contributed by atoms with Crippen molar-refractivity contribution in [3.63, 3.8) is 0 Å². The van der Waals surface area contributed by atoms with Crippen molar-refractivity contribution in [2.75, 3.05) is 41.4 Å². The minimum Gasteiger partial charge on any atom is -0.496 e. The van der Waals surface area contributed by atoms with Gasteiger partial charge >= 0.3 is 0 Å². The molecule has 3 saturated carbocycles. The average molecular weight is 694 g/mol. The highest BCUT2D eigenvalue weighted by atomic mass is 16.7. The Morgan fingerprint density at radius 1 is 1.22 bits per heavy atom. The van der Waals surface area contributed by atoms with Gasteiger partial charge in [-0.15, -0.1) is 0 Å². The van der Waals surface area contributed by atoms with Gasteiger partial charge in [-0.1, -0.05) is 59.4 Å². The van der Waals surface area contributed by atoms with Crippen LogP contribution in [0, 0.1) is 35.0 Å². The molecule has 1 aliphatic heterocycles. The van der Waals surface area contributed by atoms with E-state index in [9.17, 15) is 14.7 Å². The molecule has 8 atom stereocenters. The summed E-state index contributed by atoms with van der Waals surface area (Å²) in [5.41, 5.74) is 2.94. The normalized spacial score (nSPS) is 28.3. The van der Waals surface area contributed by atoms with Gasteiger partial charge in [0.25, 0.3) is 0 Å². The lowest BCUT2D eigenvalue weighted by molar-refractivity contribution is -0.183. The maximum absolute atomic E-state index is 14.5. The fraction of sp³-hybridized carbons (Fsp3) is 0.650. The number of fused-ring (bicyclic) bond motifs is 2. The molecule has 4 N–H and O–H groups in total. The second-order valence-corrected chi connectivity index (χ2v) is 15.9. The second-order valence-electron chi connectivity index (χ2n) is 15.9. The van der Waals surface area contributed by atoms with Crippen LogP contribution in [0.2, 0.25) is 0 Å². The summed E-state index contributed by atoms with van der Waals surface area (Å²) < 4.78 is 6.05. The highest BCUT2D eigenvalue weighted by Gasteiger charge is 2.57. The van der Waals surface area contributed by atoms with Crippen LogP contribution in [0.3, 0.4) is 0 Å². The number of aliphatic hydroxyl groups excluding tert-OH is 1. The molecule has 50 heavy (non-hydrogen) atoms. The van der Waals surface area contributed by atoms with Crippen LogP contribution in [0.25, 0.3) is 5.57 Å².